The average Bonchev–Trinajstić information content (AvgIpc) is 3.29. The van der Waals surface area contributed by atoms with Crippen LogP contribution in [0.2, 0.25) is 0 Å². The van der Waals surface area contributed by atoms with Crippen molar-refractivity contribution in [1.82, 2.24) is 0 Å². The van der Waals surface area contributed by atoms with Gasteiger partial charge in [0, 0.05) is 30.6 Å². The maximum atomic E-state index is 11.0. The van der Waals surface area contributed by atoms with Crippen LogP contribution >= 0.6 is 15.9 Å². The molecule has 24 heteroatoms. The number of azide groups is 1. The minimum atomic E-state index is -0.682. The molecule has 63 heavy (non-hydrogen) atoms. The van der Waals surface area contributed by atoms with Gasteiger partial charge in [-0.1, -0.05) is 38.8 Å². The van der Waals surface area contributed by atoms with Gasteiger partial charge in [0.1, 0.15) is 18.9 Å². The summed E-state index contributed by atoms with van der Waals surface area (Å²) in [5.41, 5.74) is 12.7. The topological polar surface area (TPSA) is 295 Å². The predicted molar refractivity (Wildman–Crippen MR) is 238 cm³/mol. The van der Waals surface area contributed by atoms with Crippen LogP contribution in [0.5, 0.6) is 0 Å². The van der Waals surface area contributed by atoms with Gasteiger partial charge in [-0.15, -0.1) is 19.3 Å². The normalized spacial score (nSPS) is 9.90. The largest absolute Gasteiger partial charge is 0.394 e. The first-order valence-electron chi connectivity index (χ1n) is 19.5. The molecule has 0 aliphatic heterocycles. The average molecular weight is 967 g/mol. The Bertz CT molecular complexity index is 1380. The third-order valence-electron chi connectivity index (χ3n) is 6.27. The number of rotatable bonds is 39. The molecule has 0 bridgehead atoms. The molecule has 0 saturated carbocycles. The van der Waals surface area contributed by atoms with Crippen molar-refractivity contribution in [3.63, 3.8) is 0 Å². The Morgan fingerprint density at radius 3 is 1.41 bits per heavy atom. The van der Waals surface area contributed by atoms with Crippen LogP contribution in [0.1, 0.15) is 0 Å². The highest BCUT2D eigenvalue weighted by atomic mass is 79.9. The number of anilines is 1. The quantitative estimate of drug-likeness (QED) is 0.0125. The van der Waals surface area contributed by atoms with Crippen LogP contribution in [0.4, 0.5) is 17.1 Å². The van der Waals surface area contributed by atoms with E-state index in [1.165, 1.54) is 12.1 Å². The van der Waals surface area contributed by atoms with E-state index in [9.17, 15) is 20.2 Å². The van der Waals surface area contributed by atoms with E-state index in [0.29, 0.717) is 164 Å². The van der Waals surface area contributed by atoms with Gasteiger partial charge in [0.25, 0.3) is 11.4 Å². The van der Waals surface area contributed by atoms with Crippen molar-refractivity contribution in [2.45, 2.75) is 0 Å². The number of benzene rings is 1. The van der Waals surface area contributed by atoms with E-state index in [1.54, 1.807) is 0 Å². The third kappa shape index (κ3) is 52.0. The van der Waals surface area contributed by atoms with Gasteiger partial charge in [-0.25, -0.2) is 0 Å². The molecule has 1 aromatic carbocycles. The molecule has 358 valence electrons. The van der Waals surface area contributed by atoms with E-state index >= 15 is 0 Å². The molecule has 0 heterocycles. The highest BCUT2D eigenvalue weighted by Crippen LogP contribution is 2.28. The molecule has 0 amide bonds. The van der Waals surface area contributed by atoms with Gasteiger partial charge in [0.15, 0.2) is 0 Å². The summed E-state index contributed by atoms with van der Waals surface area (Å²) in [5.74, 6) is 7.08. The number of alkyl halides is 1. The summed E-state index contributed by atoms with van der Waals surface area (Å²) in [7, 11) is 0. The second kappa shape index (κ2) is 55.8. The highest BCUT2D eigenvalue weighted by molar-refractivity contribution is 9.09. The van der Waals surface area contributed by atoms with Gasteiger partial charge in [0.2, 0.25) is 0 Å². The summed E-state index contributed by atoms with van der Waals surface area (Å²) in [6, 6.07) is 3.42. The van der Waals surface area contributed by atoms with Crippen molar-refractivity contribution >= 4 is 33.0 Å². The number of nitrogens with zero attached hydrogens (tertiary/aromatic N) is 5. The smallest absolute Gasteiger partial charge is 0.299 e. The Morgan fingerprint density at radius 1 is 0.651 bits per heavy atom. The SMILES string of the molecule is C#CCBr.C#CCOCCOCCOCCOCCN.C#CCOCCOCCOCCOCCNc1ccc([N+](=O)[O-])cc1[N+](=O)[O-].[N-]=[N+]=NCCOCCOCCOCCO. The van der Waals surface area contributed by atoms with Crippen LogP contribution in [0.3, 0.4) is 0 Å². The number of nitrogens with one attached hydrogen (secondary N) is 1. The molecular weight excluding hydrogens is 902 g/mol. The number of aliphatic hydroxyl groups excluding tert-OH is 1. The minimum Gasteiger partial charge on any atom is -0.394 e. The van der Waals surface area contributed by atoms with Crippen LogP contribution in [0, 0.1) is 57.3 Å². The number of ether oxygens (including phenoxy) is 11. The van der Waals surface area contributed by atoms with Crippen molar-refractivity contribution in [3.8, 4) is 37.0 Å². The molecule has 0 aliphatic rings. The molecule has 1 aromatic rings. The Balaban J connectivity index is -0.000000877. The lowest BCUT2D eigenvalue weighted by Crippen LogP contribution is -2.15. The van der Waals surface area contributed by atoms with Gasteiger partial charge in [0.05, 0.1) is 160 Å². The molecule has 1 rings (SSSR count). The van der Waals surface area contributed by atoms with Crippen LogP contribution < -0.4 is 11.1 Å². The van der Waals surface area contributed by atoms with Gasteiger partial charge >= 0.3 is 0 Å². The van der Waals surface area contributed by atoms with Crippen LogP contribution in [0.25, 0.3) is 10.4 Å². The first-order valence-corrected chi connectivity index (χ1v) is 20.6. The summed E-state index contributed by atoms with van der Waals surface area (Å²) >= 11 is 3.01. The lowest BCUT2D eigenvalue weighted by atomic mass is 10.2. The maximum absolute atomic E-state index is 11.0. The Morgan fingerprint density at radius 2 is 1.05 bits per heavy atom. The molecule has 0 radical (unpaired) electrons. The summed E-state index contributed by atoms with van der Waals surface area (Å²) < 4.78 is 56.8. The number of non-ortho nitro benzene ring substituents is 1. The van der Waals surface area contributed by atoms with Crippen LogP contribution in [0.15, 0.2) is 23.3 Å². The van der Waals surface area contributed by atoms with Gasteiger partial charge < -0.3 is 68.3 Å². The zero-order chi connectivity index (χ0) is 47.1. The monoisotopic (exact) mass is 965 g/mol. The number of nitro benzene ring substituents is 2. The molecule has 0 saturated heterocycles. The van der Waals surface area contributed by atoms with Crippen molar-refractivity contribution in [1.29, 1.82) is 0 Å². The number of terminal acetylenes is 3. The third-order valence-corrected chi connectivity index (χ3v) is 6.60. The van der Waals surface area contributed by atoms with E-state index < -0.39 is 9.85 Å². The second-order valence-corrected chi connectivity index (χ2v) is 11.5. The van der Waals surface area contributed by atoms with Crippen LogP contribution in [-0.4, -0.2) is 192 Å². The van der Waals surface area contributed by atoms with E-state index in [4.69, 9.17) is 87.7 Å². The molecule has 4 N–H and O–H groups in total. The Kier molecular flexibility index (Phi) is 55.8. The van der Waals surface area contributed by atoms with Crippen molar-refractivity contribution in [2.24, 2.45) is 10.8 Å². The molecule has 0 atom stereocenters. The lowest BCUT2D eigenvalue weighted by molar-refractivity contribution is -0.393. The first kappa shape index (κ1) is 63.1. The molecule has 23 nitrogen and oxygen atoms in total. The maximum Gasteiger partial charge on any atom is 0.299 e. The summed E-state index contributed by atoms with van der Waals surface area (Å²) in [4.78, 5) is 22.9. The number of nitro groups is 2. The van der Waals surface area contributed by atoms with E-state index in [0.717, 1.165) is 6.07 Å². The van der Waals surface area contributed by atoms with Crippen LogP contribution in [-0.2, 0) is 52.1 Å². The number of halogens is 1. The molecular formula is C39H64BrN7O16. The fraction of sp³-hybridized carbons (Fsp3) is 0.692. The van der Waals surface area contributed by atoms with Gasteiger partial charge in [-0.3, -0.25) is 20.2 Å². The summed E-state index contributed by atoms with van der Waals surface area (Å²) in [5, 5.41) is 36.9. The summed E-state index contributed by atoms with van der Waals surface area (Å²) in [6.45, 7) is 11.1. The molecule has 0 spiro atoms. The fourth-order valence-electron chi connectivity index (χ4n) is 3.61. The summed E-state index contributed by atoms with van der Waals surface area (Å²) in [6.07, 6.45) is 14.8. The number of nitrogens with two attached hydrogens (primary N) is 1. The standard InChI is InChI=1S/C17H23N3O8.C11H21NO4.C8H17N3O4.C3H3Br/c1-2-6-25-8-10-27-12-13-28-11-9-26-7-5-18-16-4-3-15(19(21)22)14-17(16)20(23)24;1-2-4-13-6-8-15-10-11-16-9-7-14-5-3-12;9-11-10-1-3-13-5-7-15-8-6-14-4-2-12;1-2-3-4/h1,3-4,14,18H,5-13H2;1H,3-12H2;12H,1-8H2;1H,3H2. The Hall–Kier alpha value is -4.23. The first-order chi connectivity index (χ1) is 30.8. The van der Waals surface area contributed by atoms with E-state index in [2.05, 4.69) is 49.0 Å². The zero-order valence-electron chi connectivity index (χ0n) is 35.8. The molecule has 0 unspecified atom stereocenters. The van der Waals surface area contributed by atoms with Crippen molar-refractivity contribution < 1.29 is 67.1 Å². The van der Waals surface area contributed by atoms with Crippen molar-refractivity contribution in [3.05, 3.63) is 48.9 Å². The number of hydrogen-bond acceptors (Lipinski definition) is 19. The lowest BCUT2D eigenvalue weighted by Gasteiger charge is -2.09. The molecule has 0 aromatic heterocycles. The predicted octanol–water partition coefficient (Wildman–Crippen LogP) is 2.61. The fourth-order valence-corrected chi connectivity index (χ4v) is 3.61. The van der Waals surface area contributed by atoms with Crippen molar-refractivity contribution in [2.75, 3.05) is 182 Å². The van der Waals surface area contributed by atoms with Gasteiger partial charge in [-0.2, -0.15) is 0 Å². The highest BCUT2D eigenvalue weighted by Gasteiger charge is 2.19. The Labute approximate surface area is 378 Å². The van der Waals surface area contributed by atoms with E-state index in [-0.39, 0.29) is 30.3 Å². The van der Waals surface area contributed by atoms with Gasteiger partial charge in [-0.05, 0) is 11.6 Å². The molecule has 0 fully saturated rings. The molecule has 0 aliphatic carbocycles. The minimum absolute atomic E-state index is 0.0303. The zero-order valence-corrected chi connectivity index (χ0v) is 37.4. The number of hydrogen-bond donors (Lipinski definition) is 3. The second-order valence-electron chi connectivity index (χ2n) is 11.0. The number of aliphatic hydroxyl groups is 1. The van der Waals surface area contributed by atoms with E-state index in [1.807, 2.05) is 0 Å².